The van der Waals surface area contributed by atoms with Crippen molar-refractivity contribution in [2.24, 2.45) is 0 Å². The lowest BCUT2D eigenvalue weighted by atomic mass is 10.5. The van der Waals surface area contributed by atoms with Gasteiger partial charge in [0.1, 0.15) is 0 Å². The Bertz CT molecular complexity index is 83.8. The van der Waals surface area contributed by atoms with Gasteiger partial charge in [0.05, 0.1) is 31.4 Å². The van der Waals surface area contributed by atoms with Crippen LogP contribution in [0.25, 0.3) is 0 Å². The lowest BCUT2D eigenvalue weighted by molar-refractivity contribution is -0.874. The predicted molar refractivity (Wildman–Crippen MR) is 45.3 cm³/mol. The largest absolute Gasteiger partial charge is 0.633 e. The van der Waals surface area contributed by atoms with Crippen LogP contribution in [-0.4, -0.2) is 36.0 Å². The van der Waals surface area contributed by atoms with Crippen molar-refractivity contribution in [3.05, 3.63) is 5.21 Å². The van der Waals surface area contributed by atoms with E-state index in [0.29, 0.717) is 31.4 Å². The molecule has 0 heterocycles. The number of nitrogens with zero attached hydrogens (tertiary/aromatic N) is 1. The molecule has 2 nitrogen and oxygen atoms in total. The zero-order chi connectivity index (χ0) is 8.04. The molecule has 0 aliphatic heterocycles. The molecule has 0 N–H and O–H groups in total. The third kappa shape index (κ3) is 3.62. The van der Waals surface area contributed by atoms with Crippen LogP contribution in [0, 0.1) is 5.21 Å². The monoisotopic (exact) mass is 185 g/mol. The van der Waals surface area contributed by atoms with Gasteiger partial charge in [0.2, 0.25) is 0 Å². The van der Waals surface area contributed by atoms with Crippen LogP contribution in [0.5, 0.6) is 0 Å². The van der Waals surface area contributed by atoms with Gasteiger partial charge in [-0.2, -0.15) is 0 Å². The minimum absolute atomic E-state index is 0.257. The Labute approximate surface area is 71.9 Å². The zero-order valence-corrected chi connectivity index (χ0v) is 7.66. The van der Waals surface area contributed by atoms with Crippen molar-refractivity contribution < 1.29 is 4.65 Å². The summed E-state index contributed by atoms with van der Waals surface area (Å²) in [5.74, 6) is 0.822. The van der Waals surface area contributed by atoms with E-state index in [1.807, 2.05) is 6.92 Å². The molecule has 0 aliphatic rings. The molecule has 10 heavy (non-hydrogen) atoms. The fourth-order valence-electron chi connectivity index (χ4n) is 0.736. The van der Waals surface area contributed by atoms with Crippen molar-refractivity contribution >= 4 is 23.2 Å². The quantitative estimate of drug-likeness (QED) is 0.364. The van der Waals surface area contributed by atoms with E-state index >= 15 is 0 Å². The fourth-order valence-corrected chi connectivity index (χ4v) is 1.35. The van der Waals surface area contributed by atoms with E-state index in [0.717, 1.165) is 0 Å². The normalized spacial score (nSPS) is 12.0. The number of hydrogen-bond donors (Lipinski definition) is 0. The lowest BCUT2D eigenvalue weighted by Crippen LogP contribution is -2.44. The van der Waals surface area contributed by atoms with E-state index in [4.69, 9.17) is 23.2 Å². The van der Waals surface area contributed by atoms with Crippen LogP contribution in [0.2, 0.25) is 0 Å². The van der Waals surface area contributed by atoms with Crippen LogP contribution < -0.4 is 0 Å². The summed E-state index contributed by atoms with van der Waals surface area (Å²) in [7, 11) is 0. The first-order valence-corrected chi connectivity index (χ1v) is 4.44. The molecule has 0 bridgehead atoms. The summed E-state index contributed by atoms with van der Waals surface area (Å²) in [6, 6.07) is 0. The van der Waals surface area contributed by atoms with Crippen LogP contribution in [0.1, 0.15) is 6.92 Å². The molecule has 0 atom stereocenters. The van der Waals surface area contributed by atoms with Crippen molar-refractivity contribution in [1.29, 1.82) is 0 Å². The molecule has 0 unspecified atom stereocenters. The number of alkyl halides is 2. The maximum Gasteiger partial charge on any atom is 0.0921 e. The number of rotatable bonds is 5. The molecular weight excluding hydrogens is 173 g/mol. The van der Waals surface area contributed by atoms with E-state index < -0.39 is 0 Å². The first kappa shape index (κ1) is 10.5. The topological polar surface area (TPSA) is 23.1 Å². The first-order chi connectivity index (χ1) is 4.68. The van der Waals surface area contributed by atoms with Gasteiger partial charge in [0.15, 0.2) is 0 Å². The van der Waals surface area contributed by atoms with E-state index in [1.165, 1.54) is 0 Å². The number of quaternary nitrogens is 1. The van der Waals surface area contributed by atoms with Gasteiger partial charge in [-0.25, -0.2) is 0 Å². The fraction of sp³-hybridized carbons (Fsp3) is 1.00. The second kappa shape index (κ2) is 5.19. The summed E-state index contributed by atoms with van der Waals surface area (Å²) in [6.45, 7) is 3.33. The summed E-state index contributed by atoms with van der Waals surface area (Å²) in [6.07, 6.45) is 0. The van der Waals surface area contributed by atoms with E-state index in [-0.39, 0.29) is 4.65 Å². The molecule has 0 saturated carbocycles. The second-order valence-electron chi connectivity index (χ2n) is 2.20. The smallest absolute Gasteiger partial charge is 0.0921 e. The Kier molecular flexibility index (Phi) is 5.45. The lowest BCUT2D eigenvalue weighted by Gasteiger charge is -2.40. The molecule has 0 saturated heterocycles. The molecular formula is C6H13Cl2NO. The Hall–Kier alpha value is 0.500. The van der Waals surface area contributed by atoms with Crippen LogP contribution >= 0.6 is 23.2 Å². The van der Waals surface area contributed by atoms with Gasteiger partial charge in [-0.15, -0.1) is 23.2 Å². The minimum atomic E-state index is -0.257. The molecule has 0 aromatic carbocycles. The highest BCUT2D eigenvalue weighted by atomic mass is 35.5. The predicted octanol–water partition coefficient (Wildman–Crippen LogP) is 1.80. The molecule has 0 rings (SSSR count). The van der Waals surface area contributed by atoms with Gasteiger partial charge in [0, 0.05) is 0 Å². The van der Waals surface area contributed by atoms with Gasteiger partial charge in [-0.05, 0) is 6.92 Å². The zero-order valence-electron chi connectivity index (χ0n) is 6.15. The number of hydroxylamine groups is 3. The van der Waals surface area contributed by atoms with E-state index in [1.54, 1.807) is 0 Å². The summed E-state index contributed by atoms with van der Waals surface area (Å²) in [5, 5.41) is 11.4. The summed E-state index contributed by atoms with van der Waals surface area (Å²) >= 11 is 10.9. The van der Waals surface area contributed by atoms with Crippen LogP contribution in [0.4, 0.5) is 0 Å². The molecule has 4 heteroatoms. The second-order valence-corrected chi connectivity index (χ2v) is 2.96. The number of hydrogen-bond acceptors (Lipinski definition) is 1. The Morgan fingerprint density at radius 3 is 1.80 bits per heavy atom. The van der Waals surface area contributed by atoms with Crippen molar-refractivity contribution in [2.75, 3.05) is 31.4 Å². The summed E-state index contributed by atoms with van der Waals surface area (Å²) < 4.78 is -0.257. The SMILES string of the molecule is CC[N+]([O-])(CCCl)CCCl. The highest BCUT2D eigenvalue weighted by Gasteiger charge is 2.11. The van der Waals surface area contributed by atoms with Crippen molar-refractivity contribution in [3.8, 4) is 0 Å². The highest BCUT2D eigenvalue weighted by Crippen LogP contribution is 2.04. The van der Waals surface area contributed by atoms with Crippen molar-refractivity contribution in [1.82, 2.24) is 0 Å². The van der Waals surface area contributed by atoms with Crippen LogP contribution in [-0.2, 0) is 0 Å². The van der Waals surface area contributed by atoms with Gasteiger partial charge < -0.3 is 9.85 Å². The molecule has 62 valence electrons. The van der Waals surface area contributed by atoms with Crippen LogP contribution in [0.15, 0.2) is 0 Å². The van der Waals surface area contributed by atoms with Gasteiger partial charge in [0.25, 0.3) is 0 Å². The third-order valence-electron chi connectivity index (χ3n) is 1.56. The summed E-state index contributed by atoms with van der Waals surface area (Å²) in [4.78, 5) is 0. The minimum Gasteiger partial charge on any atom is -0.633 e. The summed E-state index contributed by atoms with van der Waals surface area (Å²) in [5.41, 5.74) is 0. The molecule has 0 radical (unpaired) electrons. The Morgan fingerprint density at radius 2 is 1.60 bits per heavy atom. The molecule has 0 fully saturated rings. The van der Waals surface area contributed by atoms with Gasteiger partial charge in [-0.1, -0.05) is 0 Å². The Balaban J connectivity index is 3.69. The van der Waals surface area contributed by atoms with Crippen molar-refractivity contribution in [3.63, 3.8) is 0 Å². The van der Waals surface area contributed by atoms with Gasteiger partial charge >= 0.3 is 0 Å². The molecule has 0 spiro atoms. The maximum atomic E-state index is 11.4. The highest BCUT2D eigenvalue weighted by molar-refractivity contribution is 6.18. The maximum absolute atomic E-state index is 11.4. The molecule has 0 aliphatic carbocycles. The van der Waals surface area contributed by atoms with Gasteiger partial charge in [-0.3, -0.25) is 0 Å². The Morgan fingerprint density at radius 1 is 1.20 bits per heavy atom. The third-order valence-corrected chi connectivity index (χ3v) is 1.90. The molecule has 0 amide bonds. The van der Waals surface area contributed by atoms with Crippen LogP contribution in [0.3, 0.4) is 0 Å². The van der Waals surface area contributed by atoms with E-state index in [9.17, 15) is 5.21 Å². The average Bonchev–Trinajstić information content (AvgIpc) is 1.89. The molecule has 0 aromatic heterocycles. The average molecular weight is 186 g/mol. The standard InChI is InChI=1S/C6H13Cl2NO/c1-2-9(10,5-3-7)6-4-8/h2-6H2,1H3. The first-order valence-electron chi connectivity index (χ1n) is 3.37. The van der Waals surface area contributed by atoms with E-state index in [2.05, 4.69) is 0 Å². The molecule has 0 aromatic rings. The number of halogens is 2. The van der Waals surface area contributed by atoms with Crippen molar-refractivity contribution in [2.45, 2.75) is 6.92 Å².